The quantitative estimate of drug-likeness (QED) is 0.671. The highest BCUT2D eigenvalue weighted by atomic mass is 32.2. The van der Waals surface area contributed by atoms with Crippen LogP contribution in [0.1, 0.15) is 23.2 Å². The normalized spacial score (nSPS) is 15.2. The zero-order valence-electron chi connectivity index (χ0n) is 17.6. The summed E-state index contributed by atoms with van der Waals surface area (Å²) < 4.78 is 53.2. The maximum absolute atomic E-state index is 12.6. The molecule has 0 aliphatic carbocycles. The molecule has 1 aliphatic rings. The van der Waals surface area contributed by atoms with Crippen molar-refractivity contribution in [1.82, 2.24) is 8.61 Å². The van der Waals surface area contributed by atoms with Crippen molar-refractivity contribution in [3.05, 3.63) is 54.1 Å². The molecule has 1 heterocycles. The van der Waals surface area contributed by atoms with Gasteiger partial charge in [-0.05, 0) is 61.4 Å². The molecule has 2 aromatic rings. The molecule has 1 amide bonds. The molecule has 1 N–H and O–H groups in total. The van der Waals surface area contributed by atoms with Gasteiger partial charge in [0, 0.05) is 45.5 Å². The maximum atomic E-state index is 12.6. The molecule has 0 radical (unpaired) electrons. The minimum absolute atomic E-state index is 0.196. The number of hydrogen-bond donors (Lipinski definition) is 1. The number of hydrogen-bond acceptors (Lipinski definition) is 5. The second-order valence-corrected chi connectivity index (χ2v) is 11.5. The Bertz CT molecular complexity index is 1140. The van der Waals surface area contributed by atoms with Crippen molar-refractivity contribution < 1.29 is 21.6 Å². The van der Waals surface area contributed by atoms with Crippen LogP contribution in [0.5, 0.6) is 0 Å². The van der Waals surface area contributed by atoms with Gasteiger partial charge >= 0.3 is 10.2 Å². The lowest BCUT2D eigenvalue weighted by atomic mass is 10.2. The molecule has 1 fully saturated rings. The molecule has 0 atom stereocenters. The molecular weight excluding hydrogens is 440 g/mol. The first-order valence-electron chi connectivity index (χ1n) is 9.71. The Morgan fingerprint density at radius 3 is 1.94 bits per heavy atom. The highest BCUT2D eigenvalue weighted by molar-refractivity contribution is 7.90. The molecule has 31 heavy (non-hydrogen) atoms. The molecule has 0 saturated carbocycles. The van der Waals surface area contributed by atoms with Gasteiger partial charge in [0.25, 0.3) is 5.91 Å². The van der Waals surface area contributed by atoms with Crippen LogP contribution in [0.2, 0.25) is 0 Å². The minimum Gasteiger partial charge on any atom is -0.322 e. The Kier molecular flexibility index (Phi) is 6.70. The largest absolute Gasteiger partial charge is 0.322 e. The molecule has 9 nitrogen and oxygen atoms in total. The summed E-state index contributed by atoms with van der Waals surface area (Å²) in [6.45, 7) is 1.06. The maximum Gasteiger partial charge on any atom is 0.303 e. The SMILES string of the molecule is CN(C)S(=O)(=O)N(C)c1ccc(C(=O)Nc2ccc(S(=O)(=O)N3CCCC3)cc2)cc1. The lowest BCUT2D eigenvalue weighted by molar-refractivity contribution is 0.102. The summed E-state index contributed by atoms with van der Waals surface area (Å²) in [6.07, 6.45) is 1.73. The van der Waals surface area contributed by atoms with Crippen LogP contribution >= 0.6 is 0 Å². The van der Waals surface area contributed by atoms with E-state index < -0.39 is 20.2 Å². The van der Waals surface area contributed by atoms with Gasteiger partial charge in [0.05, 0.1) is 10.6 Å². The average Bonchev–Trinajstić information content (AvgIpc) is 3.29. The van der Waals surface area contributed by atoms with Crippen molar-refractivity contribution in [3.63, 3.8) is 0 Å². The lowest BCUT2D eigenvalue weighted by Gasteiger charge is -2.23. The van der Waals surface area contributed by atoms with Crippen molar-refractivity contribution in [2.45, 2.75) is 17.7 Å². The van der Waals surface area contributed by atoms with Crippen molar-refractivity contribution in [1.29, 1.82) is 0 Å². The number of nitrogens with one attached hydrogen (secondary N) is 1. The van der Waals surface area contributed by atoms with E-state index in [0.717, 1.165) is 21.5 Å². The third-order valence-corrected chi connectivity index (χ3v) is 8.85. The first-order valence-corrected chi connectivity index (χ1v) is 12.6. The van der Waals surface area contributed by atoms with Gasteiger partial charge < -0.3 is 5.32 Å². The van der Waals surface area contributed by atoms with Gasteiger partial charge in [-0.3, -0.25) is 9.10 Å². The molecule has 168 valence electrons. The van der Waals surface area contributed by atoms with Crippen LogP contribution in [0.25, 0.3) is 0 Å². The van der Waals surface area contributed by atoms with Crippen LogP contribution in [0, 0.1) is 0 Å². The smallest absolute Gasteiger partial charge is 0.303 e. The molecular formula is C20H26N4O5S2. The summed E-state index contributed by atoms with van der Waals surface area (Å²) in [4.78, 5) is 12.7. The van der Waals surface area contributed by atoms with Crippen LogP contribution in [0.3, 0.4) is 0 Å². The number of anilines is 2. The van der Waals surface area contributed by atoms with Crippen LogP contribution in [-0.2, 0) is 20.2 Å². The first kappa shape index (κ1) is 23.2. The van der Waals surface area contributed by atoms with Gasteiger partial charge in [-0.25, -0.2) is 8.42 Å². The Morgan fingerprint density at radius 2 is 1.42 bits per heavy atom. The van der Waals surface area contributed by atoms with E-state index >= 15 is 0 Å². The average molecular weight is 467 g/mol. The van der Waals surface area contributed by atoms with Crippen LogP contribution < -0.4 is 9.62 Å². The number of rotatable bonds is 7. The van der Waals surface area contributed by atoms with E-state index in [0.29, 0.717) is 30.0 Å². The number of nitrogens with zero attached hydrogens (tertiary/aromatic N) is 3. The fraction of sp³-hybridized carbons (Fsp3) is 0.350. The molecule has 0 spiro atoms. The van der Waals surface area contributed by atoms with Gasteiger partial charge in [0.15, 0.2) is 0 Å². The monoisotopic (exact) mass is 466 g/mol. The zero-order chi connectivity index (χ0) is 22.8. The van der Waals surface area contributed by atoms with Crippen LogP contribution in [0.4, 0.5) is 11.4 Å². The van der Waals surface area contributed by atoms with E-state index in [-0.39, 0.29) is 10.8 Å². The van der Waals surface area contributed by atoms with Crippen molar-refractivity contribution >= 4 is 37.5 Å². The summed E-state index contributed by atoms with van der Waals surface area (Å²) >= 11 is 0. The van der Waals surface area contributed by atoms with Gasteiger partial charge in [-0.15, -0.1) is 0 Å². The Labute approximate surface area is 183 Å². The van der Waals surface area contributed by atoms with E-state index in [4.69, 9.17) is 0 Å². The molecule has 1 aliphatic heterocycles. The summed E-state index contributed by atoms with van der Waals surface area (Å²) in [5, 5.41) is 2.72. The predicted octanol–water partition coefficient (Wildman–Crippen LogP) is 1.97. The van der Waals surface area contributed by atoms with E-state index in [1.807, 2.05) is 0 Å². The van der Waals surface area contributed by atoms with Crippen LogP contribution in [-0.4, -0.2) is 65.6 Å². The highest BCUT2D eigenvalue weighted by Gasteiger charge is 2.27. The third kappa shape index (κ3) is 4.90. The molecule has 0 unspecified atom stereocenters. The topological polar surface area (TPSA) is 107 Å². The van der Waals surface area contributed by atoms with Crippen molar-refractivity contribution in [2.75, 3.05) is 43.9 Å². The van der Waals surface area contributed by atoms with E-state index in [1.54, 1.807) is 24.3 Å². The third-order valence-electron chi connectivity index (χ3n) is 5.12. The Balaban J connectivity index is 1.69. The van der Waals surface area contributed by atoms with E-state index in [9.17, 15) is 21.6 Å². The minimum atomic E-state index is -3.62. The van der Waals surface area contributed by atoms with Crippen molar-refractivity contribution in [3.8, 4) is 0 Å². The van der Waals surface area contributed by atoms with Crippen molar-refractivity contribution in [2.24, 2.45) is 0 Å². The second kappa shape index (κ2) is 8.95. The molecule has 0 bridgehead atoms. The summed E-state index contributed by atoms with van der Waals surface area (Å²) in [5.41, 5.74) is 1.22. The van der Waals surface area contributed by atoms with E-state index in [2.05, 4.69) is 5.32 Å². The summed E-state index contributed by atoms with van der Waals surface area (Å²) in [6, 6.07) is 12.2. The predicted molar refractivity (Wildman–Crippen MR) is 120 cm³/mol. The fourth-order valence-electron chi connectivity index (χ4n) is 3.19. The van der Waals surface area contributed by atoms with E-state index in [1.165, 1.54) is 49.7 Å². The number of carbonyl (C=O) groups is 1. The second-order valence-electron chi connectivity index (χ2n) is 7.39. The van der Waals surface area contributed by atoms with Gasteiger partial charge in [0.1, 0.15) is 0 Å². The zero-order valence-corrected chi connectivity index (χ0v) is 19.3. The molecule has 11 heteroatoms. The Hall–Kier alpha value is -2.47. The highest BCUT2D eigenvalue weighted by Crippen LogP contribution is 2.23. The Morgan fingerprint density at radius 1 is 0.871 bits per heavy atom. The number of benzene rings is 2. The van der Waals surface area contributed by atoms with Crippen LogP contribution in [0.15, 0.2) is 53.4 Å². The lowest BCUT2D eigenvalue weighted by Crippen LogP contribution is -2.37. The number of carbonyl (C=O) groups excluding carboxylic acids is 1. The molecule has 0 aromatic heterocycles. The summed E-state index contributed by atoms with van der Waals surface area (Å²) in [7, 11) is -2.81. The van der Waals surface area contributed by atoms with Gasteiger partial charge in [0.2, 0.25) is 10.0 Å². The fourth-order valence-corrected chi connectivity index (χ4v) is 5.59. The molecule has 2 aromatic carbocycles. The number of amides is 1. The van der Waals surface area contributed by atoms with Gasteiger partial charge in [-0.2, -0.15) is 17.0 Å². The van der Waals surface area contributed by atoms with Gasteiger partial charge in [-0.1, -0.05) is 0 Å². The molecule has 1 saturated heterocycles. The first-order chi connectivity index (χ1) is 14.5. The summed E-state index contributed by atoms with van der Waals surface area (Å²) in [5.74, 6) is -0.389. The standard InChI is InChI=1S/C20H26N4O5S2/c1-22(2)31(28,29)23(3)18-10-6-16(7-11-18)20(25)21-17-8-12-19(13-9-17)30(26,27)24-14-4-5-15-24/h6-13H,4-5,14-15H2,1-3H3,(H,21,25). The number of sulfonamides is 1. The molecule has 3 rings (SSSR count).